The van der Waals surface area contributed by atoms with Gasteiger partial charge < -0.3 is 14.8 Å². The highest BCUT2D eigenvalue weighted by molar-refractivity contribution is 6.16. The Morgan fingerprint density at radius 1 is 1.03 bits per heavy atom. The maximum atomic E-state index is 13.1. The van der Waals surface area contributed by atoms with E-state index in [-0.39, 0.29) is 17.3 Å². The molecule has 0 atom stereocenters. The van der Waals surface area contributed by atoms with Crippen molar-refractivity contribution < 1.29 is 19.1 Å². The number of hydrogen-bond acceptors (Lipinski definition) is 8. The minimum Gasteiger partial charge on any atom is -0.497 e. The number of anilines is 2. The summed E-state index contributed by atoms with van der Waals surface area (Å²) in [5.41, 5.74) is 5.37. The number of methoxy groups -OCH3 is 1. The zero-order chi connectivity index (χ0) is 27.8. The first kappa shape index (κ1) is 27.1. The molecule has 0 saturated carbocycles. The highest BCUT2D eigenvalue weighted by Gasteiger charge is 2.19. The average Bonchev–Trinajstić information content (AvgIpc) is 2.94. The van der Waals surface area contributed by atoms with Crippen LogP contribution in [0.2, 0.25) is 0 Å². The Morgan fingerprint density at radius 3 is 2.46 bits per heavy atom. The van der Waals surface area contributed by atoms with Gasteiger partial charge in [-0.25, -0.2) is 4.98 Å². The van der Waals surface area contributed by atoms with Gasteiger partial charge in [-0.1, -0.05) is 32.0 Å². The summed E-state index contributed by atoms with van der Waals surface area (Å²) in [5, 5.41) is 5.34. The minimum absolute atomic E-state index is 0.000101. The molecule has 1 amide bonds. The SMILES string of the molecule is COc1ccc2c(Oc3ccc(NC(=O)/C(C=O)=C(\C)N(CC(C)C)Nc4ccccc4)nc3)ccnc2c1. The van der Waals surface area contributed by atoms with Crippen molar-refractivity contribution in [2.75, 3.05) is 24.4 Å². The minimum atomic E-state index is -0.554. The summed E-state index contributed by atoms with van der Waals surface area (Å²) >= 11 is 0. The van der Waals surface area contributed by atoms with Gasteiger partial charge in [0.15, 0.2) is 6.29 Å². The third-order valence-corrected chi connectivity index (χ3v) is 5.86. The molecule has 9 nitrogen and oxygen atoms in total. The number of hydrogen-bond donors (Lipinski definition) is 2. The fraction of sp³-hybridized carbons (Fsp3) is 0.200. The molecular weight excluding hydrogens is 494 g/mol. The molecule has 0 radical (unpaired) electrons. The van der Waals surface area contributed by atoms with Crippen molar-refractivity contribution in [3.05, 3.63) is 90.4 Å². The summed E-state index contributed by atoms with van der Waals surface area (Å²) < 4.78 is 11.3. The summed E-state index contributed by atoms with van der Waals surface area (Å²) in [6.45, 7) is 6.45. The van der Waals surface area contributed by atoms with Crippen LogP contribution in [-0.2, 0) is 9.59 Å². The Labute approximate surface area is 227 Å². The molecule has 0 aliphatic heterocycles. The molecular formula is C30H31N5O4. The van der Waals surface area contributed by atoms with Crippen molar-refractivity contribution >= 4 is 34.6 Å². The zero-order valence-corrected chi connectivity index (χ0v) is 22.3. The van der Waals surface area contributed by atoms with E-state index in [0.29, 0.717) is 35.8 Å². The highest BCUT2D eigenvalue weighted by atomic mass is 16.5. The van der Waals surface area contributed by atoms with Gasteiger partial charge in [0, 0.05) is 29.9 Å². The smallest absolute Gasteiger partial charge is 0.261 e. The van der Waals surface area contributed by atoms with Crippen LogP contribution in [0.15, 0.2) is 90.4 Å². The predicted octanol–water partition coefficient (Wildman–Crippen LogP) is 5.83. The van der Waals surface area contributed by atoms with E-state index in [1.165, 1.54) is 6.20 Å². The van der Waals surface area contributed by atoms with Gasteiger partial charge in [-0.15, -0.1) is 0 Å². The molecule has 9 heteroatoms. The van der Waals surface area contributed by atoms with Crippen LogP contribution in [0.4, 0.5) is 11.5 Å². The van der Waals surface area contributed by atoms with Gasteiger partial charge in [-0.2, -0.15) is 0 Å². The first-order chi connectivity index (χ1) is 18.9. The largest absolute Gasteiger partial charge is 0.497 e. The van der Waals surface area contributed by atoms with E-state index in [4.69, 9.17) is 9.47 Å². The molecule has 0 aliphatic carbocycles. The van der Waals surface area contributed by atoms with Gasteiger partial charge in [-0.3, -0.25) is 25.0 Å². The number of aldehydes is 1. The van der Waals surface area contributed by atoms with Crippen LogP contribution in [0, 0.1) is 5.92 Å². The summed E-state index contributed by atoms with van der Waals surface area (Å²) in [7, 11) is 1.60. The number of nitrogens with zero attached hydrogens (tertiary/aromatic N) is 3. The van der Waals surface area contributed by atoms with Gasteiger partial charge >= 0.3 is 0 Å². The number of ether oxygens (including phenoxy) is 2. The molecule has 0 bridgehead atoms. The van der Waals surface area contributed by atoms with Crippen LogP contribution in [0.25, 0.3) is 10.9 Å². The number of rotatable bonds is 11. The molecule has 39 heavy (non-hydrogen) atoms. The standard InChI is InChI=1S/C30H31N5O4/c1-20(2)18-35(34-22-8-6-5-7-9-22)21(3)26(19-36)30(37)33-29-13-11-24(17-32-29)39-28-14-15-31-27-16-23(38-4)10-12-25(27)28/h5-17,19-20,34H,18H2,1-4H3,(H,32,33,37)/b26-21+. The molecule has 200 valence electrons. The summed E-state index contributed by atoms with van der Waals surface area (Å²) in [5.74, 6) is 1.81. The van der Waals surface area contributed by atoms with E-state index < -0.39 is 5.91 Å². The van der Waals surface area contributed by atoms with E-state index in [2.05, 4.69) is 34.6 Å². The lowest BCUT2D eigenvalue weighted by Gasteiger charge is -2.29. The lowest BCUT2D eigenvalue weighted by atomic mass is 10.1. The predicted molar refractivity (Wildman–Crippen MR) is 152 cm³/mol. The molecule has 4 rings (SSSR count). The Kier molecular flexibility index (Phi) is 8.73. The molecule has 2 aromatic heterocycles. The van der Waals surface area contributed by atoms with Crippen LogP contribution < -0.4 is 20.2 Å². The second-order valence-corrected chi connectivity index (χ2v) is 9.23. The topological polar surface area (TPSA) is 106 Å². The first-order valence-corrected chi connectivity index (χ1v) is 12.5. The van der Waals surface area contributed by atoms with Crippen LogP contribution in [0.5, 0.6) is 17.2 Å². The summed E-state index contributed by atoms with van der Waals surface area (Å²) in [6, 6.07) is 20.2. The maximum absolute atomic E-state index is 13.1. The molecule has 2 N–H and O–H groups in total. The van der Waals surface area contributed by atoms with Crippen molar-refractivity contribution in [2.24, 2.45) is 5.92 Å². The number of aromatic nitrogens is 2. The molecule has 0 aliphatic rings. The fourth-order valence-electron chi connectivity index (χ4n) is 3.89. The molecule has 0 fully saturated rings. The number of pyridine rings is 2. The number of fused-ring (bicyclic) bond motifs is 1. The summed E-state index contributed by atoms with van der Waals surface area (Å²) in [4.78, 5) is 33.7. The maximum Gasteiger partial charge on any atom is 0.261 e. The molecule has 0 spiro atoms. The Hall–Kier alpha value is -4.92. The Bertz CT molecular complexity index is 1470. The van der Waals surface area contributed by atoms with Crippen LogP contribution >= 0.6 is 0 Å². The number of carbonyl (C=O) groups excluding carboxylic acids is 2. The third-order valence-electron chi connectivity index (χ3n) is 5.86. The monoisotopic (exact) mass is 525 g/mol. The van der Waals surface area contributed by atoms with Gasteiger partial charge in [0.1, 0.15) is 28.6 Å². The van der Waals surface area contributed by atoms with Crippen molar-refractivity contribution in [3.63, 3.8) is 0 Å². The van der Waals surface area contributed by atoms with Gasteiger partial charge in [0.25, 0.3) is 5.91 Å². The van der Waals surface area contributed by atoms with Gasteiger partial charge in [0.05, 0.1) is 24.5 Å². The molecule has 2 heterocycles. The lowest BCUT2D eigenvalue weighted by Crippen LogP contribution is -2.34. The van der Waals surface area contributed by atoms with E-state index in [1.54, 1.807) is 38.4 Å². The first-order valence-electron chi connectivity index (χ1n) is 12.5. The second kappa shape index (κ2) is 12.6. The van der Waals surface area contributed by atoms with E-state index >= 15 is 0 Å². The number of benzene rings is 2. The third kappa shape index (κ3) is 6.89. The van der Waals surface area contributed by atoms with Crippen molar-refractivity contribution in [2.45, 2.75) is 20.8 Å². The van der Waals surface area contributed by atoms with Crippen molar-refractivity contribution in [1.82, 2.24) is 15.0 Å². The number of carbonyl (C=O) groups is 2. The number of nitrogens with one attached hydrogen (secondary N) is 2. The average molecular weight is 526 g/mol. The Morgan fingerprint density at radius 2 is 1.79 bits per heavy atom. The number of hydrazine groups is 1. The number of amides is 1. The van der Waals surface area contributed by atoms with E-state index in [9.17, 15) is 9.59 Å². The number of allylic oxidation sites excluding steroid dienone is 1. The normalized spacial score (nSPS) is 11.5. The van der Waals surface area contributed by atoms with E-state index in [1.807, 2.05) is 53.5 Å². The highest BCUT2D eigenvalue weighted by Crippen LogP contribution is 2.30. The van der Waals surface area contributed by atoms with Gasteiger partial charge in [0.2, 0.25) is 0 Å². The molecule has 0 unspecified atom stereocenters. The second-order valence-electron chi connectivity index (χ2n) is 9.23. The molecule has 4 aromatic rings. The van der Waals surface area contributed by atoms with Crippen molar-refractivity contribution in [1.29, 1.82) is 0 Å². The fourth-order valence-corrected chi connectivity index (χ4v) is 3.89. The van der Waals surface area contributed by atoms with Crippen LogP contribution in [0.1, 0.15) is 20.8 Å². The van der Waals surface area contributed by atoms with Crippen LogP contribution in [0.3, 0.4) is 0 Å². The lowest BCUT2D eigenvalue weighted by molar-refractivity contribution is -0.115. The van der Waals surface area contributed by atoms with Crippen LogP contribution in [-0.4, -0.2) is 40.8 Å². The summed E-state index contributed by atoms with van der Waals surface area (Å²) in [6.07, 6.45) is 3.72. The molecule has 2 aromatic carbocycles. The zero-order valence-electron chi connectivity index (χ0n) is 22.3. The Balaban J connectivity index is 1.49. The molecule has 0 saturated heterocycles. The van der Waals surface area contributed by atoms with Gasteiger partial charge in [-0.05, 0) is 55.3 Å². The quantitative estimate of drug-likeness (QED) is 0.0829. The van der Waals surface area contributed by atoms with Crippen molar-refractivity contribution in [3.8, 4) is 17.2 Å². The number of para-hydroxylation sites is 1. The van der Waals surface area contributed by atoms with E-state index in [0.717, 1.165) is 16.6 Å².